The monoisotopic (exact) mass is 280 g/mol. The SMILES string of the molecule is C=CCC(O)(CC=C)C(C)NC(=O)Cn1nnnc1N. The number of hydrogen-bond acceptors (Lipinski definition) is 6. The van der Waals surface area contributed by atoms with Gasteiger partial charge in [0, 0.05) is 0 Å². The van der Waals surface area contributed by atoms with Crippen LogP contribution in [-0.4, -0.2) is 42.9 Å². The summed E-state index contributed by atoms with van der Waals surface area (Å²) in [5.74, 6) is -0.289. The highest BCUT2D eigenvalue weighted by Gasteiger charge is 2.32. The quantitative estimate of drug-likeness (QED) is 0.560. The average Bonchev–Trinajstić information content (AvgIpc) is 2.75. The van der Waals surface area contributed by atoms with Gasteiger partial charge in [-0.2, -0.15) is 0 Å². The van der Waals surface area contributed by atoms with Gasteiger partial charge in [-0.25, -0.2) is 4.68 Å². The summed E-state index contributed by atoms with van der Waals surface area (Å²) in [6, 6.07) is -0.483. The lowest BCUT2D eigenvalue weighted by atomic mass is 9.88. The number of nitrogens with two attached hydrogens (primary N) is 1. The smallest absolute Gasteiger partial charge is 0.242 e. The molecule has 1 aromatic rings. The number of rotatable bonds is 8. The number of tetrazole rings is 1. The Hall–Kier alpha value is -2.22. The molecular formula is C12H20N6O2. The van der Waals surface area contributed by atoms with Gasteiger partial charge in [0.2, 0.25) is 11.9 Å². The third kappa shape index (κ3) is 3.89. The molecule has 0 saturated carbocycles. The molecule has 1 heterocycles. The number of carbonyl (C=O) groups is 1. The van der Waals surface area contributed by atoms with Gasteiger partial charge in [-0.1, -0.05) is 17.3 Å². The van der Waals surface area contributed by atoms with Gasteiger partial charge in [0.25, 0.3) is 0 Å². The average molecular weight is 280 g/mol. The lowest BCUT2D eigenvalue weighted by Crippen LogP contribution is -2.51. The van der Waals surface area contributed by atoms with Gasteiger partial charge in [-0.05, 0) is 30.2 Å². The fourth-order valence-corrected chi connectivity index (χ4v) is 1.82. The number of amides is 1. The van der Waals surface area contributed by atoms with E-state index >= 15 is 0 Å². The Morgan fingerprint density at radius 3 is 2.60 bits per heavy atom. The van der Waals surface area contributed by atoms with E-state index in [0.29, 0.717) is 12.8 Å². The van der Waals surface area contributed by atoms with E-state index < -0.39 is 11.6 Å². The van der Waals surface area contributed by atoms with Crippen molar-refractivity contribution >= 4 is 11.9 Å². The van der Waals surface area contributed by atoms with Gasteiger partial charge >= 0.3 is 0 Å². The molecule has 0 aliphatic heterocycles. The highest BCUT2D eigenvalue weighted by atomic mass is 16.3. The molecule has 0 bridgehead atoms. The number of nitrogen functional groups attached to an aromatic ring is 1. The van der Waals surface area contributed by atoms with E-state index in [1.165, 1.54) is 4.68 Å². The zero-order valence-corrected chi connectivity index (χ0v) is 11.5. The van der Waals surface area contributed by atoms with Crippen molar-refractivity contribution in [1.29, 1.82) is 0 Å². The molecule has 1 amide bonds. The molecule has 0 saturated heterocycles. The lowest BCUT2D eigenvalue weighted by Gasteiger charge is -2.33. The second-order valence-corrected chi connectivity index (χ2v) is 4.57. The minimum absolute atomic E-state index is 0.0558. The Bertz CT molecular complexity index is 474. The van der Waals surface area contributed by atoms with Crippen molar-refractivity contribution in [2.75, 3.05) is 5.73 Å². The summed E-state index contributed by atoms with van der Waals surface area (Å²) in [5.41, 5.74) is 4.35. The number of anilines is 1. The summed E-state index contributed by atoms with van der Waals surface area (Å²) < 4.78 is 1.17. The molecule has 1 unspecified atom stereocenters. The van der Waals surface area contributed by atoms with Gasteiger partial charge in [0.1, 0.15) is 6.54 Å². The highest BCUT2D eigenvalue weighted by Crippen LogP contribution is 2.21. The molecule has 0 fully saturated rings. The molecule has 0 aromatic carbocycles. The minimum atomic E-state index is -1.12. The van der Waals surface area contributed by atoms with Crippen LogP contribution < -0.4 is 11.1 Å². The molecule has 8 heteroatoms. The second-order valence-electron chi connectivity index (χ2n) is 4.57. The Labute approximate surface area is 117 Å². The number of nitrogens with zero attached hydrogens (tertiary/aromatic N) is 4. The van der Waals surface area contributed by atoms with E-state index in [1.807, 2.05) is 0 Å². The molecule has 4 N–H and O–H groups in total. The minimum Gasteiger partial charge on any atom is -0.387 e. The zero-order chi connectivity index (χ0) is 15.2. The molecule has 1 rings (SSSR count). The predicted molar refractivity (Wildman–Crippen MR) is 74.4 cm³/mol. The van der Waals surface area contributed by atoms with Crippen LogP contribution in [0.4, 0.5) is 5.95 Å². The van der Waals surface area contributed by atoms with Crippen molar-refractivity contribution in [2.24, 2.45) is 0 Å². The molecule has 0 radical (unpaired) electrons. The van der Waals surface area contributed by atoms with Crippen LogP contribution in [0, 0.1) is 0 Å². The van der Waals surface area contributed by atoms with Crippen molar-refractivity contribution in [2.45, 2.75) is 38.0 Å². The number of nitrogens with one attached hydrogen (secondary N) is 1. The van der Waals surface area contributed by atoms with Crippen molar-refractivity contribution in [1.82, 2.24) is 25.5 Å². The fraction of sp³-hybridized carbons (Fsp3) is 0.500. The lowest BCUT2D eigenvalue weighted by molar-refractivity contribution is -0.124. The molecular weight excluding hydrogens is 260 g/mol. The molecule has 1 atom stereocenters. The Morgan fingerprint density at radius 2 is 2.15 bits per heavy atom. The maximum absolute atomic E-state index is 11.9. The molecule has 110 valence electrons. The predicted octanol–water partition coefficient (Wildman–Crippen LogP) is -0.357. The molecule has 20 heavy (non-hydrogen) atoms. The zero-order valence-electron chi connectivity index (χ0n) is 11.5. The number of aromatic nitrogens is 4. The van der Waals surface area contributed by atoms with E-state index in [9.17, 15) is 9.90 Å². The maximum atomic E-state index is 11.9. The summed E-state index contributed by atoms with van der Waals surface area (Å²) in [7, 11) is 0. The van der Waals surface area contributed by atoms with Gasteiger partial charge in [-0.3, -0.25) is 4.79 Å². The van der Waals surface area contributed by atoms with E-state index in [-0.39, 0.29) is 18.4 Å². The first-order valence-electron chi connectivity index (χ1n) is 6.18. The Kier molecular flexibility index (Phi) is 5.39. The van der Waals surface area contributed by atoms with Crippen LogP contribution in [-0.2, 0) is 11.3 Å². The van der Waals surface area contributed by atoms with Crippen LogP contribution in [0.5, 0.6) is 0 Å². The first-order valence-corrected chi connectivity index (χ1v) is 6.18. The first-order chi connectivity index (χ1) is 9.42. The van der Waals surface area contributed by atoms with Gasteiger partial charge < -0.3 is 16.2 Å². The third-order valence-electron chi connectivity index (χ3n) is 3.03. The Morgan fingerprint density at radius 1 is 1.55 bits per heavy atom. The first kappa shape index (κ1) is 15.8. The van der Waals surface area contributed by atoms with Gasteiger partial charge in [0.15, 0.2) is 0 Å². The van der Waals surface area contributed by atoms with E-state index in [1.54, 1.807) is 19.1 Å². The van der Waals surface area contributed by atoms with E-state index in [2.05, 4.69) is 34.0 Å². The normalized spacial score (nSPS) is 12.7. The summed E-state index contributed by atoms with van der Waals surface area (Å²) in [6.07, 6.45) is 3.89. The Balaban J connectivity index is 2.65. The molecule has 0 spiro atoms. The van der Waals surface area contributed by atoms with Crippen LogP contribution >= 0.6 is 0 Å². The van der Waals surface area contributed by atoms with Crippen LogP contribution in [0.25, 0.3) is 0 Å². The van der Waals surface area contributed by atoms with Crippen LogP contribution in [0.2, 0.25) is 0 Å². The molecule has 0 aliphatic rings. The van der Waals surface area contributed by atoms with E-state index in [4.69, 9.17) is 5.73 Å². The van der Waals surface area contributed by atoms with Crippen LogP contribution in [0.3, 0.4) is 0 Å². The van der Waals surface area contributed by atoms with Crippen LogP contribution in [0.1, 0.15) is 19.8 Å². The summed E-state index contributed by atoms with van der Waals surface area (Å²) in [6.45, 7) is 8.82. The van der Waals surface area contributed by atoms with Crippen molar-refractivity contribution in [3.8, 4) is 0 Å². The van der Waals surface area contributed by atoms with Gasteiger partial charge in [-0.15, -0.1) is 13.2 Å². The molecule has 1 aromatic heterocycles. The maximum Gasteiger partial charge on any atom is 0.242 e. The fourth-order valence-electron chi connectivity index (χ4n) is 1.82. The molecule has 0 aliphatic carbocycles. The largest absolute Gasteiger partial charge is 0.387 e. The number of carbonyl (C=O) groups excluding carboxylic acids is 1. The van der Waals surface area contributed by atoms with Crippen LogP contribution in [0.15, 0.2) is 25.3 Å². The second kappa shape index (κ2) is 6.80. The standard InChI is InChI=1S/C12H20N6O2/c1-4-6-12(20,7-5-2)9(3)14-10(19)8-18-11(13)15-16-17-18/h4-5,9,20H,1-2,6-8H2,3H3,(H,14,19)(H2,13,15,17). The van der Waals surface area contributed by atoms with Crippen molar-refractivity contribution in [3.05, 3.63) is 25.3 Å². The molecule has 8 nitrogen and oxygen atoms in total. The van der Waals surface area contributed by atoms with Crippen molar-refractivity contribution in [3.63, 3.8) is 0 Å². The summed E-state index contributed by atoms with van der Waals surface area (Å²) >= 11 is 0. The topological polar surface area (TPSA) is 119 Å². The van der Waals surface area contributed by atoms with Crippen molar-refractivity contribution < 1.29 is 9.90 Å². The van der Waals surface area contributed by atoms with Gasteiger partial charge in [0.05, 0.1) is 11.6 Å². The summed E-state index contributed by atoms with van der Waals surface area (Å²) in [4.78, 5) is 11.9. The third-order valence-corrected chi connectivity index (χ3v) is 3.03. The summed E-state index contributed by atoms with van der Waals surface area (Å²) in [5, 5.41) is 23.6. The van der Waals surface area contributed by atoms with E-state index in [0.717, 1.165) is 0 Å². The highest BCUT2D eigenvalue weighted by molar-refractivity contribution is 5.76. The number of hydrogen-bond donors (Lipinski definition) is 3. The number of aliphatic hydroxyl groups is 1.